The molecule has 4 nitrogen and oxygen atoms in total. The molecule has 0 bridgehead atoms. The number of hydrogen-bond acceptors (Lipinski definition) is 5. The zero-order chi connectivity index (χ0) is 14.3. The maximum atomic E-state index is 5.26. The minimum atomic E-state index is 0.475. The van der Waals surface area contributed by atoms with E-state index in [1.807, 2.05) is 0 Å². The first-order chi connectivity index (χ1) is 9.13. The van der Waals surface area contributed by atoms with Crippen molar-refractivity contribution < 1.29 is 4.74 Å². The van der Waals surface area contributed by atoms with Crippen LogP contribution in [-0.2, 0) is 17.9 Å². The van der Waals surface area contributed by atoms with Gasteiger partial charge in [0.05, 0.1) is 12.3 Å². The summed E-state index contributed by atoms with van der Waals surface area (Å²) in [6.45, 7) is 12.3. The standard InChI is InChI=1S/C14H27N3OS/c1-6-8-15-9-13-12(10-18-5)16-14(19-13)17(7-2)11(3)4/h11,15H,6-10H2,1-5H3. The summed E-state index contributed by atoms with van der Waals surface area (Å²) in [4.78, 5) is 8.37. The van der Waals surface area contributed by atoms with Crippen LogP contribution in [0.25, 0.3) is 0 Å². The number of hydrogen-bond donors (Lipinski definition) is 1. The van der Waals surface area contributed by atoms with E-state index in [0.717, 1.165) is 36.9 Å². The first-order valence-corrected chi connectivity index (χ1v) is 7.90. The van der Waals surface area contributed by atoms with Crippen LogP contribution in [-0.4, -0.2) is 31.2 Å². The van der Waals surface area contributed by atoms with Gasteiger partial charge in [0.15, 0.2) is 5.13 Å². The fraction of sp³-hybridized carbons (Fsp3) is 0.786. The largest absolute Gasteiger partial charge is 0.378 e. The molecule has 1 heterocycles. The fourth-order valence-corrected chi connectivity index (χ4v) is 3.21. The van der Waals surface area contributed by atoms with Crippen molar-refractivity contribution in [2.24, 2.45) is 0 Å². The van der Waals surface area contributed by atoms with Gasteiger partial charge in [0.1, 0.15) is 0 Å². The number of aromatic nitrogens is 1. The van der Waals surface area contributed by atoms with Gasteiger partial charge in [0.25, 0.3) is 0 Å². The van der Waals surface area contributed by atoms with Crippen LogP contribution < -0.4 is 10.2 Å². The summed E-state index contributed by atoms with van der Waals surface area (Å²) >= 11 is 1.78. The molecule has 0 spiro atoms. The highest BCUT2D eigenvalue weighted by molar-refractivity contribution is 7.15. The molecule has 19 heavy (non-hydrogen) atoms. The van der Waals surface area contributed by atoms with Gasteiger partial charge in [-0.25, -0.2) is 4.98 Å². The number of nitrogens with zero attached hydrogens (tertiary/aromatic N) is 2. The Morgan fingerprint density at radius 1 is 1.37 bits per heavy atom. The van der Waals surface area contributed by atoms with E-state index < -0.39 is 0 Å². The van der Waals surface area contributed by atoms with Crippen LogP contribution in [0.1, 0.15) is 44.7 Å². The highest BCUT2D eigenvalue weighted by Crippen LogP contribution is 2.28. The van der Waals surface area contributed by atoms with Crippen molar-refractivity contribution >= 4 is 16.5 Å². The molecule has 0 aromatic carbocycles. The van der Waals surface area contributed by atoms with Crippen LogP contribution in [0.2, 0.25) is 0 Å². The number of methoxy groups -OCH3 is 1. The Labute approximate surface area is 121 Å². The first kappa shape index (κ1) is 16.4. The average molecular weight is 285 g/mol. The molecular weight excluding hydrogens is 258 g/mol. The zero-order valence-corrected chi connectivity index (χ0v) is 13.6. The van der Waals surface area contributed by atoms with Crippen molar-refractivity contribution in [2.45, 2.75) is 53.3 Å². The molecule has 0 aliphatic rings. The third-order valence-electron chi connectivity index (χ3n) is 2.97. The van der Waals surface area contributed by atoms with Crippen molar-refractivity contribution in [2.75, 3.05) is 25.1 Å². The third-order valence-corrected chi connectivity index (χ3v) is 4.10. The normalized spacial score (nSPS) is 11.3. The second-order valence-electron chi connectivity index (χ2n) is 4.86. The zero-order valence-electron chi connectivity index (χ0n) is 12.8. The summed E-state index contributed by atoms with van der Waals surface area (Å²) in [6, 6.07) is 0.475. The maximum absolute atomic E-state index is 5.26. The number of rotatable bonds is 9. The predicted molar refractivity (Wildman–Crippen MR) is 83.0 cm³/mol. The molecule has 0 aliphatic carbocycles. The second kappa shape index (κ2) is 8.51. The predicted octanol–water partition coefficient (Wildman–Crippen LogP) is 3.02. The number of nitrogens with one attached hydrogen (secondary N) is 1. The molecule has 0 saturated heterocycles. The van der Waals surface area contributed by atoms with Crippen molar-refractivity contribution in [3.05, 3.63) is 10.6 Å². The molecule has 0 fully saturated rings. The van der Waals surface area contributed by atoms with Gasteiger partial charge in [-0.05, 0) is 33.7 Å². The molecule has 0 aliphatic heterocycles. The molecule has 0 radical (unpaired) electrons. The molecule has 5 heteroatoms. The van der Waals surface area contributed by atoms with E-state index in [9.17, 15) is 0 Å². The van der Waals surface area contributed by atoms with E-state index in [0.29, 0.717) is 12.6 Å². The lowest BCUT2D eigenvalue weighted by molar-refractivity contribution is 0.181. The minimum Gasteiger partial charge on any atom is -0.378 e. The number of anilines is 1. The van der Waals surface area contributed by atoms with Gasteiger partial charge in [0.2, 0.25) is 0 Å². The summed E-state index contributed by atoms with van der Waals surface area (Å²) in [5.74, 6) is 0. The van der Waals surface area contributed by atoms with Crippen molar-refractivity contribution in [1.29, 1.82) is 0 Å². The summed E-state index contributed by atoms with van der Waals surface area (Å²) in [7, 11) is 1.72. The average Bonchev–Trinajstić information content (AvgIpc) is 2.74. The lowest BCUT2D eigenvalue weighted by Gasteiger charge is -2.24. The molecule has 1 aromatic rings. The topological polar surface area (TPSA) is 37.4 Å². The van der Waals surface area contributed by atoms with Gasteiger partial charge in [-0.3, -0.25) is 0 Å². The van der Waals surface area contributed by atoms with E-state index in [1.165, 1.54) is 4.88 Å². The molecule has 1 aromatic heterocycles. The number of ether oxygens (including phenoxy) is 1. The van der Waals surface area contributed by atoms with Crippen molar-refractivity contribution in [1.82, 2.24) is 10.3 Å². The van der Waals surface area contributed by atoms with Crippen LogP contribution in [0.15, 0.2) is 0 Å². The van der Waals surface area contributed by atoms with Crippen LogP contribution in [0.4, 0.5) is 5.13 Å². The van der Waals surface area contributed by atoms with E-state index in [-0.39, 0.29) is 0 Å². The maximum Gasteiger partial charge on any atom is 0.186 e. The minimum absolute atomic E-state index is 0.475. The van der Waals surface area contributed by atoms with E-state index in [2.05, 4.69) is 37.9 Å². The van der Waals surface area contributed by atoms with Crippen molar-refractivity contribution in [3.8, 4) is 0 Å². The van der Waals surface area contributed by atoms with Gasteiger partial charge in [0, 0.05) is 31.1 Å². The second-order valence-corrected chi connectivity index (χ2v) is 5.92. The highest BCUT2D eigenvalue weighted by Gasteiger charge is 2.17. The summed E-state index contributed by atoms with van der Waals surface area (Å²) in [5.41, 5.74) is 1.07. The molecule has 1 N–H and O–H groups in total. The van der Waals surface area contributed by atoms with Crippen molar-refractivity contribution in [3.63, 3.8) is 0 Å². The molecular formula is C14H27N3OS. The van der Waals surface area contributed by atoms with Gasteiger partial charge in [-0.2, -0.15) is 0 Å². The molecule has 1 rings (SSSR count). The molecule has 110 valence electrons. The highest BCUT2D eigenvalue weighted by atomic mass is 32.1. The van der Waals surface area contributed by atoms with E-state index >= 15 is 0 Å². The Balaban J connectivity index is 2.85. The van der Waals surface area contributed by atoms with Crippen LogP contribution in [0, 0.1) is 0 Å². The Morgan fingerprint density at radius 2 is 2.11 bits per heavy atom. The monoisotopic (exact) mass is 285 g/mol. The molecule has 0 saturated carbocycles. The molecule has 0 atom stereocenters. The Hall–Kier alpha value is -0.650. The Bertz CT molecular complexity index is 366. The van der Waals surface area contributed by atoms with Gasteiger partial charge >= 0.3 is 0 Å². The Morgan fingerprint density at radius 3 is 2.63 bits per heavy atom. The van der Waals surface area contributed by atoms with Gasteiger partial charge < -0.3 is 15.0 Å². The van der Waals surface area contributed by atoms with Gasteiger partial charge in [-0.1, -0.05) is 6.92 Å². The van der Waals surface area contributed by atoms with Gasteiger partial charge in [-0.15, -0.1) is 11.3 Å². The lowest BCUT2D eigenvalue weighted by Crippen LogP contribution is -2.30. The number of thiazole rings is 1. The fourth-order valence-electron chi connectivity index (χ4n) is 1.98. The quantitative estimate of drug-likeness (QED) is 0.708. The lowest BCUT2D eigenvalue weighted by atomic mass is 10.3. The van der Waals surface area contributed by atoms with E-state index in [1.54, 1.807) is 18.4 Å². The Kier molecular flexibility index (Phi) is 7.34. The molecule has 0 unspecified atom stereocenters. The SMILES string of the molecule is CCCNCc1sc(N(CC)C(C)C)nc1COC. The first-order valence-electron chi connectivity index (χ1n) is 7.08. The summed E-state index contributed by atoms with van der Waals surface area (Å²) in [6.07, 6.45) is 1.15. The summed E-state index contributed by atoms with van der Waals surface area (Å²) in [5, 5.41) is 4.56. The third kappa shape index (κ3) is 4.75. The summed E-state index contributed by atoms with van der Waals surface area (Å²) < 4.78 is 5.26. The van der Waals surface area contributed by atoms with E-state index in [4.69, 9.17) is 9.72 Å². The smallest absolute Gasteiger partial charge is 0.186 e. The van der Waals surface area contributed by atoms with Crippen LogP contribution in [0.5, 0.6) is 0 Å². The van der Waals surface area contributed by atoms with Crippen LogP contribution >= 0.6 is 11.3 Å². The van der Waals surface area contributed by atoms with Crippen LogP contribution in [0.3, 0.4) is 0 Å². The molecule has 0 amide bonds.